The van der Waals surface area contributed by atoms with E-state index in [0.717, 1.165) is 5.56 Å². The Labute approximate surface area is 230 Å². The summed E-state index contributed by atoms with van der Waals surface area (Å²) in [5.74, 6) is 0.780. The third-order valence-corrected chi connectivity index (χ3v) is 9.87. The lowest BCUT2D eigenvalue weighted by Crippen LogP contribution is -2.86. The van der Waals surface area contributed by atoms with Crippen LogP contribution >= 0.6 is 11.6 Å². The van der Waals surface area contributed by atoms with Gasteiger partial charge in [0.05, 0.1) is 10.6 Å². The van der Waals surface area contributed by atoms with E-state index in [9.17, 15) is 9.59 Å². The number of rotatable bonds is 4. The van der Waals surface area contributed by atoms with Gasteiger partial charge < -0.3 is 19.1 Å². The first kappa shape index (κ1) is 26.7. The van der Waals surface area contributed by atoms with Crippen LogP contribution in [0.1, 0.15) is 46.2 Å². The van der Waals surface area contributed by atoms with Crippen molar-refractivity contribution in [1.29, 1.82) is 0 Å². The predicted octanol–water partition coefficient (Wildman–Crippen LogP) is -5.10. The number of fused-ring (bicyclic) bond motifs is 1. The molecule has 37 heavy (non-hydrogen) atoms. The zero-order valence-corrected chi connectivity index (χ0v) is 24.1. The van der Waals surface area contributed by atoms with Crippen LogP contribution in [-0.2, 0) is 11.3 Å². The van der Waals surface area contributed by atoms with Crippen molar-refractivity contribution in [1.82, 2.24) is 15.0 Å². The number of hydrogen-bond acceptors (Lipinski definition) is 5. The molecule has 3 heterocycles. The second kappa shape index (κ2) is 8.32. The molecule has 7 nitrogen and oxygen atoms in total. The van der Waals surface area contributed by atoms with E-state index in [0.29, 0.717) is 34.4 Å². The van der Waals surface area contributed by atoms with Crippen molar-refractivity contribution in [3.05, 3.63) is 40.0 Å². The summed E-state index contributed by atoms with van der Waals surface area (Å²) in [5, 5.41) is 2.13. The van der Waals surface area contributed by atoms with Crippen LogP contribution in [0.25, 0.3) is 11.3 Å². The summed E-state index contributed by atoms with van der Waals surface area (Å²) in [6.45, 7) is 2.64. The predicted molar refractivity (Wildman–Crippen MR) is 166 cm³/mol. The Morgan fingerprint density at radius 3 is 2.22 bits per heavy atom. The van der Waals surface area contributed by atoms with Gasteiger partial charge in [-0.05, 0) is 54.1 Å². The van der Waals surface area contributed by atoms with E-state index in [1.165, 1.54) is 12.8 Å². The van der Waals surface area contributed by atoms with Gasteiger partial charge in [0.25, 0.3) is 11.8 Å². The molecule has 0 radical (unpaired) electrons. The van der Waals surface area contributed by atoms with Crippen molar-refractivity contribution in [2.75, 3.05) is 0 Å². The molecular weight excluding hydrogens is 480 g/mol. The normalized spacial score (nSPS) is 24.0. The van der Waals surface area contributed by atoms with E-state index in [1.54, 1.807) is 12.1 Å². The maximum Gasteiger partial charge on any atom is 0.274 e. The third kappa shape index (κ3) is 3.98. The smallest absolute Gasteiger partial charge is 0.274 e. The molecule has 5 rings (SSSR count). The molecule has 16 heteroatoms. The van der Waals surface area contributed by atoms with Crippen molar-refractivity contribution in [3.8, 4) is 11.3 Å². The van der Waals surface area contributed by atoms with Gasteiger partial charge in [0.2, 0.25) is 0 Å². The Morgan fingerprint density at radius 2 is 1.65 bits per heavy atom. The topological polar surface area (TPSA) is 75.9 Å². The number of aromatic nitrogens is 1. The van der Waals surface area contributed by atoms with E-state index in [1.807, 2.05) is 78.6 Å². The summed E-state index contributed by atoms with van der Waals surface area (Å²) in [5.41, 5.74) is 2.37. The third-order valence-electron chi connectivity index (χ3n) is 9.58. The molecule has 1 atom stereocenters. The van der Waals surface area contributed by atoms with Gasteiger partial charge in [0.1, 0.15) is 62.8 Å². The summed E-state index contributed by atoms with van der Waals surface area (Å²) in [6, 6.07) is 5.53. The van der Waals surface area contributed by atoms with Crippen molar-refractivity contribution >= 4 is 86.2 Å². The molecule has 1 aromatic carbocycles. The van der Waals surface area contributed by atoms with Gasteiger partial charge in [-0.15, -0.1) is 0 Å². The summed E-state index contributed by atoms with van der Waals surface area (Å²) >= 11 is 6.61. The Morgan fingerprint density at radius 1 is 1.05 bits per heavy atom. The average molecular weight is 510 g/mol. The number of carbonyl (C=O) groups excluding carboxylic acids is 2. The summed E-state index contributed by atoms with van der Waals surface area (Å²) < 4.78 is 12.2. The standard InChI is InChI=1S/C21H30B8ClN3O4/c1-8(9-2-3-9)32-7-11-4-10(5-12(30)15(11)17(32)35)14-6-13(31-36-14)16(34)33-18(22,23)20(26,27)37-21(28,29)19(33,24)25/h4-6,8-9H,2-3,7,22-29H2,1H3. The van der Waals surface area contributed by atoms with Crippen LogP contribution in [-0.4, -0.2) is 117 Å². The first-order valence-electron chi connectivity index (χ1n) is 13.1. The van der Waals surface area contributed by atoms with Gasteiger partial charge in [-0.1, -0.05) is 16.8 Å². The van der Waals surface area contributed by atoms with Crippen LogP contribution in [0.4, 0.5) is 0 Å². The molecule has 2 aromatic rings. The number of hydrogen-bond donors (Lipinski definition) is 0. The molecule has 1 saturated carbocycles. The largest absolute Gasteiger partial charge is 0.402 e. The second-order valence-corrected chi connectivity index (χ2v) is 13.4. The second-order valence-electron chi connectivity index (χ2n) is 13.0. The molecule has 0 spiro atoms. The Balaban J connectivity index is 1.47. The fourth-order valence-corrected chi connectivity index (χ4v) is 6.31. The van der Waals surface area contributed by atoms with Gasteiger partial charge in [-0.2, -0.15) is 0 Å². The quantitative estimate of drug-likeness (QED) is 0.385. The minimum absolute atomic E-state index is 0.0126. The van der Waals surface area contributed by atoms with Gasteiger partial charge in [0, 0.05) is 35.0 Å². The molecule has 0 bridgehead atoms. The van der Waals surface area contributed by atoms with Crippen LogP contribution in [0.15, 0.2) is 22.7 Å². The lowest BCUT2D eigenvalue weighted by atomic mass is 9.30. The van der Waals surface area contributed by atoms with E-state index >= 15 is 0 Å². The molecule has 1 saturated heterocycles. The summed E-state index contributed by atoms with van der Waals surface area (Å²) in [6.07, 6.45) is 2.33. The number of halogens is 1. The monoisotopic (exact) mass is 511 g/mol. The van der Waals surface area contributed by atoms with E-state index in [2.05, 4.69) is 12.1 Å². The Hall–Kier alpha value is -1.86. The number of carbonyl (C=O) groups is 2. The average Bonchev–Trinajstić information content (AvgIpc) is 3.39. The lowest BCUT2D eigenvalue weighted by Gasteiger charge is -2.68. The molecule has 184 valence electrons. The minimum atomic E-state index is -0.624. The maximum absolute atomic E-state index is 14.0. The SMILES string of the molecule is BC1(B)OC(B)(B)C(B)(B)N(C(=O)c2cc(-c3cc(Cl)c4c(c3)CN(C(C)C3CC3)C4=O)on2)C1(B)B. The van der Waals surface area contributed by atoms with Crippen LogP contribution in [0.3, 0.4) is 0 Å². The Bertz CT molecular complexity index is 1290. The molecule has 3 aliphatic rings. The van der Waals surface area contributed by atoms with Crippen molar-refractivity contribution in [3.63, 3.8) is 0 Å². The number of amides is 2. The number of ether oxygens (including phenoxy) is 1. The minimum Gasteiger partial charge on any atom is -0.402 e. The van der Waals surface area contributed by atoms with E-state index in [4.69, 9.17) is 20.9 Å². The number of benzene rings is 1. The lowest BCUT2D eigenvalue weighted by molar-refractivity contribution is -0.0967. The highest BCUT2D eigenvalue weighted by Gasteiger charge is 2.60. The zero-order valence-electron chi connectivity index (χ0n) is 23.4. The zero-order chi connectivity index (χ0) is 27.3. The molecular formula is C21H30B8ClN3O4. The van der Waals surface area contributed by atoms with Crippen LogP contribution in [0, 0.1) is 5.92 Å². The highest BCUT2D eigenvalue weighted by atomic mass is 35.5. The van der Waals surface area contributed by atoms with Crippen molar-refractivity contribution in [2.45, 2.75) is 53.8 Å². The van der Waals surface area contributed by atoms with Crippen LogP contribution in [0.2, 0.25) is 5.02 Å². The Kier molecular flexibility index (Phi) is 6.01. The number of nitrogens with zero attached hydrogens (tertiary/aromatic N) is 3. The van der Waals surface area contributed by atoms with Crippen molar-refractivity contribution in [2.24, 2.45) is 5.92 Å². The molecule has 1 aromatic heterocycles. The molecule has 2 amide bonds. The first-order chi connectivity index (χ1) is 17.0. The van der Waals surface area contributed by atoms with Gasteiger partial charge in [-0.3, -0.25) is 9.59 Å². The highest BCUT2D eigenvalue weighted by molar-refractivity contribution is 6.60. The molecule has 0 N–H and O–H groups in total. The van der Waals surface area contributed by atoms with Gasteiger partial charge >= 0.3 is 0 Å². The van der Waals surface area contributed by atoms with Gasteiger partial charge in [0.15, 0.2) is 11.5 Å². The molecule has 2 fully saturated rings. The number of morpholine rings is 1. The molecule has 1 aliphatic carbocycles. The van der Waals surface area contributed by atoms with E-state index < -0.39 is 21.5 Å². The highest BCUT2D eigenvalue weighted by Crippen LogP contribution is 2.42. The van der Waals surface area contributed by atoms with Crippen molar-refractivity contribution < 1.29 is 18.8 Å². The molecule has 2 aliphatic heterocycles. The maximum atomic E-state index is 14.0. The fraction of sp³-hybridized carbons (Fsp3) is 0.476. The summed E-state index contributed by atoms with van der Waals surface area (Å²) in [7, 11) is 16.1. The van der Waals surface area contributed by atoms with E-state index in [-0.39, 0.29) is 23.6 Å². The first-order valence-corrected chi connectivity index (χ1v) is 13.5. The fourth-order valence-electron chi connectivity index (χ4n) is 5.99. The van der Waals surface area contributed by atoms with Crippen LogP contribution in [0.5, 0.6) is 0 Å². The van der Waals surface area contributed by atoms with Crippen LogP contribution < -0.4 is 0 Å². The van der Waals surface area contributed by atoms with Gasteiger partial charge in [-0.25, -0.2) is 0 Å². The molecule has 1 unspecified atom stereocenters. The summed E-state index contributed by atoms with van der Waals surface area (Å²) in [4.78, 5) is 30.9.